The molecule has 2 aliphatic rings. The highest BCUT2D eigenvalue weighted by Gasteiger charge is 2.61. The summed E-state index contributed by atoms with van der Waals surface area (Å²) in [5.41, 5.74) is -1.71. The Hall–Kier alpha value is -0.870. The van der Waals surface area contributed by atoms with Gasteiger partial charge < -0.3 is 14.9 Å². The molecule has 0 unspecified atom stereocenters. The highest BCUT2D eigenvalue weighted by Crippen LogP contribution is 2.59. The van der Waals surface area contributed by atoms with Gasteiger partial charge in [0, 0.05) is 11.0 Å². The molecule has 0 radical (unpaired) electrons. The molecule has 0 aromatic heterocycles. The Balaban J connectivity index is 2.32. The molecule has 138 valence electrons. The van der Waals surface area contributed by atoms with Crippen molar-refractivity contribution in [3.8, 4) is 0 Å². The van der Waals surface area contributed by atoms with Crippen molar-refractivity contribution in [2.75, 3.05) is 0 Å². The normalized spacial score (nSPS) is 43.5. The van der Waals surface area contributed by atoms with E-state index in [1.54, 1.807) is 26.8 Å². The maximum atomic E-state index is 12.2. The molecule has 24 heavy (non-hydrogen) atoms. The number of ether oxygens (including phenoxy) is 1. The number of hydrogen-bond acceptors (Lipinski definition) is 4. The summed E-state index contributed by atoms with van der Waals surface area (Å²) in [6.07, 6.45) is 4.51. The minimum atomic E-state index is -1.12. The lowest BCUT2D eigenvalue weighted by Gasteiger charge is -2.43. The molecule has 4 nitrogen and oxygen atoms in total. The van der Waals surface area contributed by atoms with Gasteiger partial charge in [0.15, 0.2) is 0 Å². The smallest absolute Gasteiger partial charge is 0.333 e. The summed E-state index contributed by atoms with van der Waals surface area (Å²) < 4.78 is 5.69. The quantitative estimate of drug-likeness (QED) is 0.609. The molecule has 0 heterocycles. The zero-order chi connectivity index (χ0) is 18.3. The minimum Gasteiger partial charge on any atom is -0.456 e. The lowest BCUT2D eigenvalue weighted by molar-refractivity contribution is -0.163. The van der Waals surface area contributed by atoms with Gasteiger partial charge in [-0.15, -0.1) is 0 Å². The van der Waals surface area contributed by atoms with Gasteiger partial charge in [-0.2, -0.15) is 0 Å². The number of allylic oxidation sites excluding steroid dienone is 1. The molecule has 2 N–H and O–H groups in total. The van der Waals surface area contributed by atoms with Gasteiger partial charge in [-0.25, -0.2) is 4.79 Å². The molecule has 0 saturated heterocycles. The third-order valence-corrected chi connectivity index (χ3v) is 6.82. The van der Waals surface area contributed by atoms with Crippen LogP contribution in [0.4, 0.5) is 0 Å². The van der Waals surface area contributed by atoms with E-state index in [-0.39, 0.29) is 17.3 Å². The molecule has 0 aromatic rings. The number of hydrogen-bond donors (Lipinski definition) is 2. The highest BCUT2D eigenvalue weighted by atomic mass is 16.6. The number of esters is 1. The summed E-state index contributed by atoms with van der Waals surface area (Å²) in [7, 11) is 0. The molecule has 0 amide bonds. The Morgan fingerprint density at radius 3 is 2.38 bits per heavy atom. The van der Waals surface area contributed by atoms with E-state index in [0.717, 1.165) is 12.8 Å². The van der Waals surface area contributed by atoms with Gasteiger partial charge in [-0.05, 0) is 64.7 Å². The SMILES string of the molecule is C/C=C(\C)C(=O)O[C@H]1C[C@@]2(C)CC[C@H](C(C)C)[C@]2(O)CC[C@@]1(C)O. The number of aliphatic hydroxyl groups is 2. The Morgan fingerprint density at radius 1 is 1.21 bits per heavy atom. The molecule has 0 spiro atoms. The van der Waals surface area contributed by atoms with Crippen LogP contribution in [0.1, 0.15) is 73.6 Å². The Bertz CT molecular complexity index is 522. The van der Waals surface area contributed by atoms with Crippen LogP contribution < -0.4 is 0 Å². The van der Waals surface area contributed by atoms with Crippen molar-refractivity contribution in [1.82, 2.24) is 0 Å². The van der Waals surface area contributed by atoms with Crippen molar-refractivity contribution in [3.63, 3.8) is 0 Å². The van der Waals surface area contributed by atoms with Crippen LogP contribution in [0, 0.1) is 17.3 Å². The van der Waals surface area contributed by atoms with Crippen molar-refractivity contribution in [3.05, 3.63) is 11.6 Å². The fourth-order valence-electron chi connectivity index (χ4n) is 4.77. The zero-order valence-corrected chi connectivity index (χ0v) is 16.1. The van der Waals surface area contributed by atoms with E-state index in [9.17, 15) is 15.0 Å². The fourth-order valence-corrected chi connectivity index (χ4v) is 4.77. The van der Waals surface area contributed by atoms with Crippen LogP contribution in [0.2, 0.25) is 0 Å². The van der Waals surface area contributed by atoms with E-state index in [0.29, 0.717) is 30.8 Å². The second-order valence-corrected chi connectivity index (χ2v) is 8.80. The molecular formula is C20H34O4. The topological polar surface area (TPSA) is 66.8 Å². The first-order chi connectivity index (χ1) is 11.0. The predicted octanol–water partition coefficient (Wildman–Crippen LogP) is 3.60. The van der Waals surface area contributed by atoms with Crippen LogP contribution in [0.5, 0.6) is 0 Å². The molecule has 5 atom stereocenters. The summed E-state index contributed by atoms with van der Waals surface area (Å²) in [6.45, 7) is 11.7. The Morgan fingerprint density at radius 2 is 1.83 bits per heavy atom. The van der Waals surface area contributed by atoms with Gasteiger partial charge in [0.25, 0.3) is 0 Å². The number of carbonyl (C=O) groups is 1. The second-order valence-electron chi connectivity index (χ2n) is 8.80. The van der Waals surface area contributed by atoms with Crippen molar-refractivity contribution in [1.29, 1.82) is 0 Å². The molecule has 0 bridgehead atoms. The average molecular weight is 338 g/mol. The van der Waals surface area contributed by atoms with Crippen molar-refractivity contribution in [2.45, 2.75) is 91.0 Å². The standard InChI is InChI=1S/C20H34O4/c1-7-14(4)17(21)24-16-12-18(5)9-8-15(13(2)3)20(18,23)11-10-19(16,6)22/h7,13,15-16,22-23H,8-12H2,1-6H3/b14-7+/t15-,16+,18-,19-,20-/m1/s1. The summed E-state index contributed by atoms with van der Waals surface area (Å²) in [5.74, 6) is 0.242. The first kappa shape index (κ1) is 19.5. The Kier molecular flexibility index (Phi) is 5.23. The minimum absolute atomic E-state index is 0.227. The van der Waals surface area contributed by atoms with Crippen LogP contribution in [-0.4, -0.2) is 33.5 Å². The van der Waals surface area contributed by atoms with Crippen LogP contribution in [0.25, 0.3) is 0 Å². The lowest BCUT2D eigenvalue weighted by Crippen LogP contribution is -2.48. The third-order valence-electron chi connectivity index (χ3n) is 6.82. The van der Waals surface area contributed by atoms with Gasteiger partial charge >= 0.3 is 5.97 Å². The van der Waals surface area contributed by atoms with E-state index < -0.39 is 17.3 Å². The van der Waals surface area contributed by atoms with Crippen LogP contribution in [0.15, 0.2) is 11.6 Å². The van der Waals surface area contributed by atoms with Crippen molar-refractivity contribution in [2.24, 2.45) is 17.3 Å². The molecule has 0 aliphatic heterocycles. The lowest BCUT2D eigenvalue weighted by atomic mass is 9.67. The molecule has 2 rings (SSSR count). The van der Waals surface area contributed by atoms with Gasteiger partial charge in [-0.3, -0.25) is 0 Å². The number of fused-ring (bicyclic) bond motifs is 1. The molecule has 2 fully saturated rings. The van der Waals surface area contributed by atoms with Crippen molar-refractivity contribution >= 4 is 5.97 Å². The monoisotopic (exact) mass is 338 g/mol. The average Bonchev–Trinajstić information content (AvgIpc) is 2.72. The highest BCUT2D eigenvalue weighted by molar-refractivity contribution is 5.87. The van der Waals surface area contributed by atoms with E-state index >= 15 is 0 Å². The number of rotatable bonds is 3. The Labute approximate surface area is 146 Å². The molecule has 0 aromatic carbocycles. The van der Waals surface area contributed by atoms with E-state index in [1.165, 1.54) is 0 Å². The molecule has 2 saturated carbocycles. The predicted molar refractivity (Wildman–Crippen MR) is 94.4 cm³/mol. The maximum Gasteiger partial charge on any atom is 0.333 e. The van der Waals surface area contributed by atoms with E-state index in [4.69, 9.17) is 4.74 Å². The van der Waals surface area contributed by atoms with Crippen LogP contribution >= 0.6 is 0 Å². The van der Waals surface area contributed by atoms with E-state index in [2.05, 4.69) is 20.8 Å². The summed E-state index contributed by atoms with van der Waals surface area (Å²) in [5, 5.41) is 22.5. The second kappa shape index (κ2) is 6.45. The largest absolute Gasteiger partial charge is 0.456 e. The zero-order valence-electron chi connectivity index (χ0n) is 16.1. The van der Waals surface area contributed by atoms with Gasteiger partial charge in [0.1, 0.15) is 6.10 Å². The van der Waals surface area contributed by atoms with Gasteiger partial charge in [-0.1, -0.05) is 26.8 Å². The first-order valence-electron chi connectivity index (χ1n) is 9.25. The van der Waals surface area contributed by atoms with E-state index in [1.807, 2.05) is 0 Å². The van der Waals surface area contributed by atoms with Crippen molar-refractivity contribution < 1.29 is 19.7 Å². The van der Waals surface area contributed by atoms with Gasteiger partial charge in [0.2, 0.25) is 0 Å². The summed E-state index contributed by atoms with van der Waals surface area (Å²) in [6, 6.07) is 0. The maximum absolute atomic E-state index is 12.2. The summed E-state index contributed by atoms with van der Waals surface area (Å²) in [4.78, 5) is 12.2. The van der Waals surface area contributed by atoms with Crippen LogP contribution in [-0.2, 0) is 9.53 Å². The van der Waals surface area contributed by atoms with Gasteiger partial charge in [0.05, 0.1) is 11.2 Å². The first-order valence-corrected chi connectivity index (χ1v) is 9.25. The van der Waals surface area contributed by atoms with Crippen LogP contribution in [0.3, 0.4) is 0 Å². The number of carbonyl (C=O) groups excluding carboxylic acids is 1. The molecule has 4 heteroatoms. The summed E-state index contributed by atoms with van der Waals surface area (Å²) >= 11 is 0. The molecular weight excluding hydrogens is 304 g/mol. The fraction of sp³-hybridized carbons (Fsp3) is 0.850. The molecule has 2 aliphatic carbocycles. The third kappa shape index (κ3) is 3.15.